The summed E-state index contributed by atoms with van der Waals surface area (Å²) < 4.78 is 4.84. The van der Waals surface area contributed by atoms with Crippen molar-refractivity contribution in [3.05, 3.63) is 72.8 Å². The minimum absolute atomic E-state index is 0.0491. The van der Waals surface area contributed by atoms with E-state index in [-0.39, 0.29) is 33.2 Å². The number of hydrogen-bond acceptors (Lipinski definition) is 7. The molecule has 0 spiro atoms. The number of esters is 1. The number of anilines is 1. The minimum atomic E-state index is -0.842. The van der Waals surface area contributed by atoms with Crippen molar-refractivity contribution >= 4 is 40.5 Å². The summed E-state index contributed by atoms with van der Waals surface area (Å²) in [5, 5.41) is 23.8. The number of hydrogen-bond donors (Lipinski definition) is 1. The monoisotopic (exact) mass is 393 g/mol. The van der Waals surface area contributed by atoms with Crippen molar-refractivity contribution in [1.29, 1.82) is 0 Å². The maximum Gasteiger partial charge on any atom is 0.338 e. The van der Waals surface area contributed by atoms with Gasteiger partial charge in [-0.15, -0.1) is 0 Å². The smallest absolute Gasteiger partial charge is 0.338 e. The Labute approximate surface area is 157 Å². The van der Waals surface area contributed by atoms with Crippen molar-refractivity contribution in [3.63, 3.8) is 0 Å². The molecule has 1 amide bonds. The van der Waals surface area contributed by atoms with Gasteiger partial charge in [-0.1, -0.05) is 11.6 Å². The largest absolute Gasteiger partial charge is 0.452 e. The maximum atomic E-state index is 11.9. The van der Waals surface area contributed by atoms with Crippen LogP contribution in [-0.4, -0.2) is 28.3 Å². The zero-order valence-corrected chi connectivity index (χ0v) is 14.6. The molecule has 10 nitrogen and oxygen atoms in total. The molecule has 0 unspecified atom stereocenters. The standard InChI is InChI=1S/C16H12ClN3O7/c1-9-6-10(2-5-13(9)19(23)24)16(22)27-8-15(21)18-11-3-4-12(17)14(7-11)20(25)26/h2-7H,8H2,1H3,(H,18,21). The first-order chi connectivity index (χ1) is 12.7. The van der Waals surface area contributed by atoms with E-state index in [2.05, 4.69) is 5.32 Å². The van der Waals surface area contributed by atoms with Gasteiger partial charge in [-0.2, -0.15) is 0 Å². The predicted octanol–water partition coefficient (Wildman–Crippen LogP) is 3.26. The Morgan fingerprint density at radius 3 is 2.33 bits per heavy atom. The van der Waals surface area contributed by atoms with Gasteiger partial charge in [0.1, 0.15) is 5.02 Å². The summed E-state index contributed by atoms with van der Waals surface area (Å²) in [4.78, 5) is 44.1. The van der Waals surface area contributed by atoms with Crippen molar-refractivity contribution in [2.24, 2.45) is 0 Å². The molecule has 0 aliphatic heterocycles. The van der Waals surface area contributed by atoms with E-state index in [1.165, 1.54) is 37.3 Å². The molecule has 2 aromatic rings. The summed E-state index contributed by atoms with van der Waals surface area (Å²) >= 11 is 5.68. The van der Waals surface area contributed by atoms with Crippen molar-refractivity contribution in [1.82, 2.24) is 0 Å². The molecular weight excluding hydrogens is 382 g/mol. The second-order valence-corrected chi connectivity index (χ2v) is 5.71. The number of aryl methyl sites for hydroxylation is 1. The van der Waals surface area contributed by atoms with E-state index in [1.807, 2.05) is 0 Å². The van der Waals surface area contributed by atoms with E-state index in [0.29, 0.717) is 0 Å². The Balaban J connectivity index is 1.98. The molecule has 0 aliphatic rings. The molecule has 0 radical (unpaired) electrons. The lowest BCUT2D eigenvalue weighted by Crippen LogP contribution is -2.21. The van der Waals surface area contributed by atoms with Crippen LogP contribution < -0.4 is 5.32 Å². The first kappa shape index (κ1) is 19.8. The van der Waals surface area contributed by atoms with E-state index in [9.17, 15) is 29.8 Å². The lowest BCUT2D eigenvalue weighted by molar-refractivity contribution is -0.385. The Morgan fingerprint density at radius 2 is 1.74 bits per heavy atom. The number of halogens is 1. The fraction of sp³-hybridized carbons (Fsp3) is 0.125. The molecule has 0 bridgehead atoms. The van der Waals surface area contributed by atoms with Crippen molar-refractivity contribution in [2.75, 3.05) is 11.9 Å². The van der Waals surface area contributed by atoms with Gasteiger partial charge in [0, 0.05) is 23.4 Å². The van der Waals surface area contributed by atoms with Gasteiger partial charge in [0.05, 0.1) is 15.4 Å². The Bertz CT molecular complexity index is 946. The summed E-state index contributed by atoms with van der Waals surface area (Å²) in [5.41, 5.74) is -0.0971. The average Bonchev–Trinajstić information content (AvgIpc) is 2.60. The SMILES string of the molecule is Cc1cc(C(=O)OCC(=O)Nc2ccc(Cl)c([N+](=O)[O-])c2)ccc1[N+](=O)[O-]. The highest BCUT2D eigenvalue weighted by atomic mass is 35.5. The van der Waals surface area contributed by atoms with E-state index in [0.717, 1.165) is 6.07 Å². The average molecular weight is 394 g/mol. The van der Waals surface area contributed by atoms with Crippen molar-refractivity contribution in [2.45, 2.75) is 6.92 Å². The number of nitro benzene ring substituents is 2. The summed E-state index contributed by atoms with van der Waals surface area (Å²) in [6.45, 7) is 0.820. The molecule has 2 aromatic carbocycles. The number of nitro groups is 2. The van der Waals surface area contributed by atoms with Crippen LogP contribution in [0.1, 0.15) is 15.9 Å². The minimum Gasteiger partial charge on any atom is -0.452 e. The maximum absolute atomic E-state index is 11.9. The van der Waals surface area contributed by atoms with Crippen LogP contribution in [0.15, 0.2) is 36.4 Å². The highest BCUT2D eigenvalue weighted by molar-refractivity contribution is 6.32. The molecule has 140 valence electrons. The summed E-state index contributed by atoms with van der Waals surface area (Å²) in [5.74, 6) is -1.57. The lowest BCUT2D eigenvalue weighted by atomic mass is 10.1. The fourth-order valence-electron chi connectivity index (χ4n) is 2.13. The highest BCUT2D eigenvalue weighted by Crippen LogP contribution is 2.27. The van der Waals surface area contributed by atoms with Gasteiger partial charge in [-0.25, -0.2) is 4.79 Å². The third-order valence-corrected chi connectivity index (χ3v) is 3.71. The Kier molecular flexibility index (Phi) is 6.03. The van der Waals surface area contributed by atoms with Crippen LogP contribution in [0.2, 0.25) is 5.02 Å². The molecule has 0 saturated heterocycles. The third-order valence-electron chi connectivity index (χ3n) is 3.39. The highest BCUT2D eigenvalue weighted by Gasteiger charge is 2.17. The summed E-state index contributed by atoms with van der Waals surface area (Å²) in [7, 11) is 0. The topological polar surface area (TPSA) is 142 Å². The number of carbonyl (C=O) groups excluding carboxylic acids is 2. The van der Waals surface area contributed by atoms with Crippen LogP contribution in [0.25, 0.3) is 0 Å². The zero-order chi connectivity index (χ0) is 20.1. The molecule has 27 heavy (non-hydrogen) atoms. The Hall–Kier alpha value is -3.53. The molecule has 0 atom stereocenters. The molecule has 1 N–H and O–H groups in total. The van der Waals surface area contributed by atoms with Gasteiger partial charge in [0.25, 0.3) is 17.3 Å². The lowest BCUT2D eigenvalue weighted by Gasteiger charge is -2.07. The number of carbonyl (C=O) groups is 2. The van der Waals surface area contributed by atoms with E-state index in [4.69, 9.17) is 16.3 Å². The van der Waals surface area contributed by atoms with Crippen LogP contribution in [0.3, 0.4) is 0 Å². The Morgan fingerprint density at radius 1 is 1.07 bits per heavy atom. The zero-order valence-electron chi connectivity index (χ0n) is 13.8. The van der Waals surface area contributed by atoms with E-state index in [1.54, 1.807) is 0 Å². The molecule has 0 aliphatic carbocycles. The molecule has 11 heteroatoms. The number of nitrogens with one attached hydrogen (secondary N) is 1. The van der Waals surface area contributed by atoms with Gasteiger partial charge in [-0.3, -0.25) is 25.0 Å². The second kappa shape index (κ2) is 8.23. The summed E-state index contributed by atoms with van der Waals surface area (Å²) in [6.07, 6.45) is 0. The first-order valence-electron chi connectivity index (χ1n) is 7.35. The van der Waals surface area contributed by atoms with E-state index < -0.39 is 28.3 Å². The molecule has 0 saturated carbocycles. The number of amides is 1. The van der Waals surface area contributed by atoms with Gasteiger partial charge in [-0.05, 0) is 31.2 Å². The van der Waals surface area contributed by atoms with Gasteiger partial charge >= 0.3 is 5.97 Å². The number of benzene rings is 2. The molecule has 0 heterocycles. The van der Waals surface area contributed by atoms with Crippen LogP contribution in [-0.2, 0) is 9.53 Å². The summed E-state index contributed by atoms with van der Waals surface area (Å²) in [6, 6.07) is 7.34. The number of rotatable bonds is 6. The predicted molar refractivity (Wildman–Crippen MR) is 94.9 cm³/mol. The molecular formula is C16H12ClN3O7. The molecule has 0 aromatic heterocycles. The number of nitrogens with zero attached hydrogens (tertiary/aromatic N) is 2. The number of ether oxygens (including phenoxy) is 1. The van der Waals surface area contributed by atoms with Crippen LogP contribution in [0.4, 0.5) is 17.1 Å². The molecule has 2 rings (SSSR count). The van der Waals surface area contributed by atoms with Gasteiger partial charge < -0.3 is 10.1 Å². The normalized spacial score (nSPS) is 10.1. The quantitative estimate of drug-likeness (QED) is 0.450. The fourth-order valence-corrected chi connectivity index (χ4v) is 2.32. The van der Waals surface area contributed by atoms with Crippen molar-refractivity contribution < 1.29 is 24.2 Å². The molecule has 0 fully saturated rings. The van der Waals surface area contributed by atoms with Crippen LogP contribution >= 0.6 is 11.6 Å². The third kappa shape index (κ3) is 4.98. The van der Waals surface area contributed by atoms with Crippen LogP contribution in [0, 0.1) is 27.2 Å². The van der Waals surface area contributed by atoms with E-state index >= 15 is 0 Å². The first-order valence-corrected chi connectivity index (χ1v) is 7.73. The van der Waals surface area contributed by atoms with Gasteiger partial charge in [0.2, 0.25) is 0 Å². The van der Waals surface area contributed by atoms with Gasteiger partial charge in [0.15, 0.2) is 6.61 Å². The van der Waals surface area contributed by atoms with Crippen molar-refractivity contribution in [3.8, 4) is 0 Å². The second-order valence-electron chi connectivity index (χ2n) is 5.31. The van der Waals surface area contributed by atoms with Crippen LogP contribution in [0.5, 0.6) is 0 Å².